The maximum Gasteiger partial charge on any atom is 0.631 e. The predicted molar refractivity (Wildman–Crippen MR) is 41.4 cm³/mol. The summed E-state index contributed by atoms with van der Waals surface area (Å²) in [6.45, 7) is 0. The fraction of sp³-hybridized carbons (Fsp3) is 0. The molecule has 1 heterocycles. The number of nitriles is 1. The van der Waals surface area contributed by atoms with Gasteiger partial charge in [-0.2, -0.15) is 5.26 Å². The summed E-state index contributed by atoms with van der Waals surface area (Å²) in [5.41, 5.74) is 0. The van der Waals surface area contributed by atoms with Crippen molar-refractivity contribution in [2.24, 2.45) is 0 Å². The molecule has 0 aliphatic carbocycles. The molecule has 0 spiro atoms. The summed E-state index contributed by atoms with van der Waals surface area (Å²) in [5.74, 6) is 0. The lowest BCUT2D eigenvalue weighted by Crippen LogP contribution is -2.07. The van der Waals surface area contributed by atoms with E-state index in [0.29, 0.717) is 0 Å². The molecular weight excluding hydrogens is 165 g/mol. The minimum Gasteiger partial charge on any atom is -0.402 e. The summed E-state index contributed by atoms with van der Waals surface area (Å²) in [6.07, 6.45) is 0. The molecule has 11 heavy (non-hydrogen) atoms. The molecule has 0 fully saturated rings. The number of thiophene rings is 1. The predicted octanol–water partition coefficient (Wildman–Crippen LogP) is -0.432. The van der Waals surface area contributed by atoms with Crippen molar-refractivity contribution in [1.82, 2.24) is 0 Å². The van der Waals surface area contributed by atoms with Crippen LogP contribution in [0.4, 0.5) is 0 Å². The molecule has 0 amide bonds. The van der Waals surface area contributed by atoms with E-state index in [4.69, 9.17) is 20.3 Å². The minimum atomic E-state index is -2.17. The van der Waals surface area contributed by atoms with Gasteiger partial charge >= 0.3 is 7.32 Å². The van der Waals surface area contributed by atoms with Gasteiger partial charge in [0.25, 0.3) is 0 Å². The Bertz CT molecular complexity index is 215. The zero-order valence-corrected chi connectivity index (χ0v) is 6.32. The normalized spacial score (nSPS) is 7.45. The van der Waals surface area contributed by atoms with Crippen LogP contribution in [0.5, 0.6) is 0 Å². The first kappa shape index (κ1) is 10.1. The highest BCUT2D eigenvalue weighted by Gasteiger charge is 1.92. The highest BCUT2D eigenvalue weighted by molar-refractivity contribution is 7.10. The Hall–Kier alpha value is -0.865. The number of hydrogen-bond donors (Lipinski definition) is 3. The molecule has 3 N–H and O–H groups in total. The average molecular weight is 171 g/mol. The Kier molecular flexibility index (Phi) is 5.42. The van der Waals surface area contributed by atoms with E-state index in [1.54, 1.807) is 6.07 Å². The largest absolute Gasteiger partial charge is 0.631 e. The quantitative estimate of drug-likeness (QED) is 0.462. The third-order valence-corrected chi connectivity index (χ3v) is 1.41. The number of rotatable bonds is 0. The second-order valence-electron chi connectivity index (χ2n) is 1.44. The molecule has 58 valence electrons. The second-order valence-corrected chi connectivity index (χ2v) is 2.38. The van der Waals surface area contributed by atoms with Crippen molar-refractivity contribution in [1.29, 1.82) is 5.26 Å². The fourth-order valence-electron chi connectivity index (χ4n) is 0.342. The van der Waals surface area contributed by atoms with E-state index in [2.05, 4.69) is 0 Å². The van der Waals surface area contributed by atoms with Crippen LogP contribution in [0.15, 0.2) is 17.5 Å². The summed E-state index contributed by atoms with van der Waals surface area (Å²) in [7, 11) is -2.17. The molecule has 4 nitrogen and oxygen atoms in total. The lowest BCUT2D eigenvalue weighted by molar-refractivity contribution is 0.278. The van der Waals surface area contributed by atoms with Crippen LogP contribution in [0, 0.1) is 11.3 Å². The Balaban J connectivity index is 0.000000218. The minimum absolute atomic E-state index is 0.778. The van der Waals surface area contributed by atoms with Crippen LogP contribution in [0.25, 0.3) is 0 Å². The highest BCUT2D eigenvalue weighted by atomic mass is 32.1. The molecular formula is C5H6BNO3S. The van der Waals surface area contributed by atoms with Crippen molar-refractivity contribution in [2.45, 2.75) is 0 Å². The van der Waals surface area contributed by atoms with Gasteiger partial charge in [-0.05, 0) is 11.4 Å². The van der Waals surface area contributed by atoms with Crippen LogP contribution < -0.4 is 0 Å². The zero-order chi connectivity index (χ0) is 8.69. The van der Waals surface area contributed by atoms with Crippen molar-refractivity contribution in [2.75, 3.05) is 0 Å². The summed E-state index contributed by atoms with van der Waals surface area (Å²) >= 11 is 1.46. The van der Waals surface area contributed by atoms with Gasteiger partial charge < -0.3 is 15.1 Å². The maximum atomic E-state index is 8.19. The fourth-order valence-corrected chi connectivity index (χ4v) is 0.856. The zero-order valence-electron chi connectivity index (χ0n) is 5.51. The van der Waals surface area contributed by atoms with E-state index in [1.807, 2.05) is 17.5 Å². The molecule has 0 atom stereocenters. The van der Waals surface area contributed by atoms with Crippen molar-refractivity contribution in [3.63, 3.8) is 0 Å². The summed E-state index contributed by atoms with van der Waals surface area (Å²) in [5, 5.41) is 31.6. The molecule has 0 unspecified atom stereocenters. The van der Waals surface area contributed by atoms with E-state index in [-0.39, 0.29) is 0 Å². The van der Waals surface area contributed by atoms with E-state index in [0.717, 1.165) is 4.88 Å². The summed E-state index contributed by atoms with van der Waals surface area (Å²) in [6, 6.07) is 5.69. The molecule has 1 aromatic rings. The van der Waals surface area contributed by atoms with Gasteiger partial charge in [0.1, 0.15) is 10.9 Å². The molecule has 0 saturated heterocycles. The lowest BCUT2D eigenvalue weighted by Gasteiger charge is -1.69. The monoisotopic (exact) mass is 171 g/mol. The van der Waals surface area contributed by atoms with E-state index in [1.165, 1.54) is 11.3 Å². The van der Waals surface area contributed by atoms with Gasteiger partial charge in [0.05, 0.1) is 0 Å². The van der Waals surface area contributed by atoms with Crippen molar-refractivity contribution in [3.8, 4) is 6.07 Å². The highest BCUT2D eigenvalue weighted by Crippen LogP contribution is 2.04. The van der Waals surface area contributed by atoms with Crippen LogP contribution in [-0.2, 0) is 0 Å². The molecule has 0 radical (unpaired) electrons. The maximum absolute atomic E-state index is 8.19. The van der Waals surface area contributed by atoms with Gasteiger partial charge in [-0.15, -0.1) is 11.3 Å². The first-order valence-corrected chi connectivity index (χ1v) is 3.52. The SMILES string of the molecule is N#Cc1cccs1.OB(O)O. The molecule has 0 aliphatic heterocycles. The van der Waals surface area contributed by atoms with Crippen LogP contribution in [0.3, 0.4) is 0 Å². The van der Waals surface area contributed by atoms with E-state index >= 15 is 0 Å². The van der Waals surface area contributed by atoms with Crippen molar-refractivity contribution < 1.29 is 15.1 Å². The van der Waals surface area contributed by atoms with Gasteiger partial charge in [0.2, 0.25) is 0 Å². The van der Waals surface area contributed by atoms with Gasteiger partial charge in [-0.25, -0.2) is 0 Å². The van der Waals surface area contributed by atoms with Gasteiger partial charge in [-0.1, -0.05) is 6.07 Å². The van der Waals surface area contributed by atoms with Gasteiger partial charge in [0.15, 0.2) is 0 Å². The molecule has 0 aliphatic rings. The van der Waals surface area contributed by atoms with Gasteiger partial charge in [-0.3, -0.25) is 0 Å². The van der Waals surface area contributed by atoms with Crippen molar-refractivity contribution in [3.05, 3.63) is 22.4 Å². The smallest absolute Gasteiger partial charge is 0.402 e. The first-order chi connectivity index (χ1) is 5.16. The number of nitrogens with zero attached hydrogens (tertiary/aromatic N) is 1. The lowest BCUT2D eigenvalue weighted by atomic mass is 10.3. The summed E-state index contributed by atoms with van der Waals surface area (Å²) < 4.78 is 0. The third-order valence-electron chi connectivity index (χ3n) is 0.631. The van der Waals surface area contributed by atoms with E-state index < -0.39 is 7.32 Å². The molecule has 6 heteroatoms. The molecule has 1 aromatic heterocycles. The summed E-state index contributed by atoms with van der Waals surface area (Å²) in [4.78, 5) is 0.778. The topological polar surface area (TPSA) is 84.5 Å². The van der Waals surface area contributed by atoms with Crippen LogP contribution >= 0.6 is 11.3 Å². The van der Waals surface area contributed by atoms with Gasteiger partial charge in [0, 0.05) is 0 Å². The molecule has 0 aromatic carbocycles. The van der Waals surface area contributed by atoms with Crippen LogP contribution in [0.1, 0.15) is 4.88 Å². The standard InChI is InChI=1S/C5H3NS.BH3O3/c6-4-5-2-1-3-7-5;2-1(3)4/h1-3H;2-4H. The van der Waals surface area contributed by atoms with Crippen LogP contribution in [0.2, 0.25) is 0 Å². The molecule has 0 saturated carbocycles. The second kappa shape index (κ2) is 5.89. The Morgan fingerprint density at radius 3 is 2.18 bits per heavy atom. The average Bonchev–Trinajstić information content (AvgIpc) is 2.36. The Morgan fingerprint density at radius 2 is 2.00 bits per heavy atom. The van der Waals surface area contributed by atoms with E-state index in [9.17, 15) is 0 Å². The molecule has 0 bridgehead atoms. The Morgan fingerprint density at radius 1 is 1.45 bits per heavy atom. The number of hydrogen-bond acceptors (Lipinski definition) is 5. The third kappa shape index (κ3) is 7.03. The van der Waals surface area contributed by atoms with Crippen molar-refractivity contribution >= 4 is 18.7 Å². The molecule has 1 rings (SSSR count). The van der Waals surface area contributed by atoms with Crippen LogP contribution in [-0.4, -0.2) is 22.4 Å². The Labute approximate surface area is 68.1 Å². The first-order valence-electron chi connectivity index (χ1n) is 2.64.